The maximum absolute atomic E-state index is 13.9. The molecule has 0 bridgehead atoms. The predicted octanol–water partition coefficient (Wildman–Crippen LogP) is 4.69. The van der Waals surface area contributed by atoms with Gasteiger partial charge in [-0.2, -0.15) is 5.10 Å². The summed E-state index contributed by atoms with van der Waals surface area (Å²) >= 11 is 0. The second-order valence-corrected chi connectivity index (χ2v) is 9.73. The van der Waals surface area contributed by atoms with Gasteiger partial charge in [-0.15, -0.1) is 0 Å². The van der Waals surface area contributed by atoms with Gasteiger partial charge in [0.2, 0.25) is 0 Å². The number of hydrogen-bond donors (Lipinski definition) is 0. The first kappa shape index (κ1) is 21.1. The molecular formula is C26H33N5O. The number of carbonyl (C=O) groups excluding carboxylic acids is 1. The molecule has 0 radical (unpaired) electrons. The van der Waals surface area contributed by atoms with Crippen molar-refractivity contribution in [2.45, 2.75) is 64.6 Å². The Morgan fingerprint density at radius 1 is 1.12 bits per heavy atom. The lowest BCUT2D eigenvalue weighted by Crippen LogP contribution is -2.39. The van der Waals surface area contributed by atoms with E-state index in [-0.39, 0.29) is 11.9 Å². The first-order valence-electron chi connectivity index (χ1n) is 11.9. The van der Waals surface area contributed by atoms with Crippen molar-refractivity contribution in [3.63, 3.8) is 0 Å². The summed E-state index contributed by atoms with van der Waals surface area (Å²) in [6.45, 7) is 7.99. The summed E-state index contributed by atoms with van der Waals surface area (Å²) in [6, 6.07) is 11.5. The topological polar surface area (TPSA) is 54.3 Å². The zero-order valence-corrected chi connectivity index (χ0v) is 19.6. The number of nitrogens with zero attached hydrogens (tertiary/aromatic N) is 5. The van der Waals surface area contributed by atoms with E-state index in [1.165, 1.54) is 12.8 Å². The highest BCUT2D eigenvalue weighted by Gasteiger charge is 2.35. The van der Waals surface area contributed by atoms with Gasteiger partial charge in [0, 0.05) is 36.8 Å². The van der Waals surface area contributed by atoms with E-state index in [2.05, 4.69) is 54.9 Å². The molecule has 3 aromatic rings. The normalized spacial score (nSPS) is 16.3. The summed E-state index contributed by atoms with van der Waals surface area (Å²) in [7, 11) is 2.18. The van der Waals surface area contributed by atoms with Crippen LogP contribution in [0, 0.1) is 6.92 Å². The maximum Gasteiger partial charge on any atom is 0.255 e. The molecule has 2 aliphatic carbocycles. The van der Waals surface area contributed by atoms with Gasteiger partial charge in [-0.1, -0.05) is 24.3 Å². The number of benzene rings is 1. The molecule has 1 aromatic carbocycles. The standard InChI is InChI=1S/C26H33N5O/c1-17(2)31-25-23(16-27-31)22(15-24(28-25)21-8-6-5-7-18(21)3)26(32)30(20-11-12-20)14-13-29(4)19-9-10-19/h5-8,15-17,19-20H,9-14H2,1-4H3. The largest absolute Gasteiger partial charge is 0.334 e. The summed E-state index contributed by atoms with van der Waals surface area (Å²) < 4.78 is 1.93. The Bertz CT molecular complexity index is 1140. The molecule has 2 aromatic heterocycles. The predicted molar refractivity (Wildman–Crippen MR) is 128 cm³/mol. The number of likely N-dealkylation sites (N-methyl/N-ethyl adjacent to an activating group) is 1. The Hall–Kier alpha value is -2.73. The van der Waals surface area contributed by atoms with Gasteiger partial charge in [-0.3, -0.25) is 4.79 Å². The number of hydrogen-bond acceptors (Lipinski definition) is 4. The van der Waals surface area contributed by atoms with Crippen LogP contribution in [0.1, 0.15) is 61.5 Å². The first-order chi connectivity index (χ1) is 15.4. The van der Waals surface area contributed by atoms with Crippen molar-refractivity contribution >= 4 is 16.9 Å². The average molecular weight is 432 g/mol. The Labute approximate surface area is 190 Å². The van der Waals surface area contributed by atoms with E-state index in [0.29, 0.717) is 12.1 Å². The van der Waals surface area contributed by atoms with E-state index in [1.54, 1.807) is 0 Å². The zero-order chi connectivity index (χ0) is 22.4. The van der Waals surface area contributed by atoms with Crippen molar-refractivity contribution in [1.29, 1.82) is 0 Å². The highest BCUT2D eigenvalue weighted by atomic mass is 16.2. The molecule has 0 atom stereocenters. The molecule has 0 aliphatic heterocycles. The van der Waals surface area contributed by atoms with Gasteiger partial charge in [0.15, 0.2) is 5.65 Å². The molecule has 168 valence electrons. The van der Waals surface area contributed by atoms with Crippen LogP contribution in [0.4, 0.5) is 0 Å². The lowest BCUT2D eigenvalue weighted by atomic mass is 10.0. The minimum Gasteiger partial charge on any atom is -0.334 e. The van der Waals surface area contributed by atoms with E-state index in [0.717, 1.165) is 59.3 Å². The fourth-order valence-electron chi connectivity index (χ4n) is 4.53. The third kappa shape index (κ3) is 4.04. The summed E-state index contributed by atoms with van der Waals surface area (Å²) in [4.78, 5) is 23.4. The van der Waals surface area contributed by atoms with Crippen molar-refractivity contribution in [3.05, 3.63) is 47.7 Å². The van der Waals surface area contributed by atoms with Crippen LogP contribution >= 0.6 is 0 Å². The van der Waals surface area contributed by atoms with Crippen molar-refractivity contribution in [2.75, 3.05) is 20.1 Å². The van der Waals surface area contributed by atoms with Gasteiger partial charge < -0.3 is 9.80 Å². The molecule has 5 rings (SSSR count). The number of fused-ring (bicyclic) bond motifs is 1. The van der Waals surface area contributed by atoms with Gasteiger partial charge in [-0.05, 0) is 65.1 Å². The van der Waals surface area contributed by atoms with Crippen LogP contribution in [-0.2, 0) is 0 Å². The smallest absolute Gasteiger partial charge is 0.255 e. The summed E-state index contributed by atoms with van der Waals surface area (Å²) in [6.07, 6.45) is 6.59. The van der Waals surface area contributed by atoms with Crippen LogP contribution in [0.3, 0.4) is 0 Å². The van der Waals surface area contributed by atoms with Crippen LogP contribution in [0.25, 0.3) is 22.3 Å². The van der Waals surface area contributed by atoms with Crippen molar-refractivity contribution in [2.24, 2.45) is 0 Å². The van der Waals surface area contributed by atoms with Crippen molar-refractivity contribution < 1.29 is 4.79 Å². The molecule has 1 amide bonds. The van der Waals surface area contributed by atoms with E-state index in [4.69, 9.17) is 4.98 Å². The van der Waals surface area contributed by atoms with Crippen LogP contribution in [0.2, 0.25) is 0 Å². The molecule has 2 saturated carbocycles. The highest BCUT2D eigenvalue weighted by molar-refractivity contribution is 6.06. The lowest BCUT2D eigenvalue weighted by molar-refractivity contribution is 0.0727. The molecule has 2 fully saturated rings. The third-order valence-electron chi connectivity index (χ3n) is 6.82. The highest BCUT2D eigenvalue weighted by Crippen LogP contribution is 2.33. The number of aromatic nitrogens is 3. The minimum atomic E-state index is 0.113. The number of amides is 1. The average Bonchev–Trinajstić information content (AvgIpc) is 3.70. The molecular weight excluding hydrogens is 398 g/mol. The molecule has 0 N–H and O–H groups in total. The summed E-state index contributed by atoms with van der Waals surface area (Å²) in [5.41, 5.74) is 4.56. The molecule has 0 unspecified atom stereocenters. The SMILES string of the molecule is Cc1ccccc1-c1cc(C(=O)N(CCN(C)C2CC2)C2CC2)c2cnn(C(C)C)c2n1. The molecule has 0 saturated heterocycles. The summed E-state index contributed by atoms with van der Waals surface area (Å²) in [5, 5.41) is 5.45. The minimum absolute atomic E-state index is 0.113. The maximum atomic E-state index is 13.9. The van der Waals surface area contributed by atoms with Gasteiger partial charge in [0.25, 0.3) is 5.91 Å². The Morgan fingerprint density at radius 2 is 1.84 bits per heavy atom. The lowest BCUT2D eigenvalue weighted by Gasteiger charge is -2.26. The Balaban J connectivity index is 1.56. The second-order valence-electron chi connectivity index (χ2n) is 9.73. The van der Waals surface area contributed by atoms with Crippen LogP contribution < -0.4 is 0 Å². The number of carbonyl (C=O) groups is 1. The number of aryl methyl sites for hydroxylation is 1. The van der Waals surface area contributed by atoms with E-state index in [9.17, 15) is 4.79 Å². The van der Waals surface area contributed by atoms with Gasteiger partial charge in [-0.25, -0.2) is 9.67 Å². The molecule has 6 nitrogen and oxygen atoms in total. The van der Waals surface area contributed by atoms with Gasteiger partial charge in [0.1, 0.15) is 0 Å². The Kier molecular flexibility index (Phi) is 5.49. The molecule has 2 heterocycles. The van der Waals surface area contributed by atoms with Crippen molar-refractivity contribution in [1.82, 2.24) is 24.6 Å². The first-order valence-corrected chi connectivity index (χ1v) is 11.9. The molecule has 32 heavy (non-hydrogen) atoms. The third-order valence-corrected chi connectivity index (χ3v) is 6.82. The number of pyridine rings is 1. The van der Waals surface area contributed by atoms with E-state index >= 15 is 0 Å². The fraction of sp³-hybridized carbons (Fsp3) is 0.500. The van der Waals surface area contributed by atoms with Gasteiger partial charge >= 0.3 is 0 Å². The molecule has 2 aliphatic rings. The Morgan fingerprint density at radius 3 is 2.50 bits per heavy atom. The van der Waals surface area contributed by atoms with E-state index in [1.807, 2.05) is 29.1 Å². The van der Waals surface area contributed by atoms with Crippen LogP contribution in [0.5, 0.6) is 0 Å². The monoisotopic (exact) mass is 431 g/mol. The van der Waals surface area contributed by atoms with Crippen LogP contribution in [0.15, 0.2) is 36.5 Å². The molecule has 6 heteroatoms. The molecule has 0 spiro atoms. The zero-order valence-electron chi connectivity index (χ0n) is 19.6. The van der Waals surface area contributed by atoms with Gasteiger partial charge in [0.05, 0.1) is 22.8 Å². The fourth-order valence-corrected chi connectivity index (χ4v) is 4.53. The second kappa shape index (κ2) is 8.32. The number of rotatable bonds is 8. The van der Waals surface area contributed by atoms with E-state index < -0.39 is 0 Å². The van der Waals surface area contributed by atoms with Crippen LogP contribution in [-0.4, -0.2) is 62.7 Å². The van der Waals surface area contributed by atoms with Crippen molar-refractivity contribution in [3.8, 4) is 11.3 Å². The quantitative estimate of drug-likeness (QED) is 0.519. The summed E-state index contributed by atoms with van der Waals surface area (Å²) in [5.74, 6) is 0.113.